The summed E-state index contributed by atoms with van der Waals surface area (Å²) in [5, 5.41) is 17.9. The van der Waals surface area contributed by atoms with E-state index in [0.29, 0.717) is 19.8 Å². The Hall–Kier alpha value is -1.28. The van der Waals surface area contributed by atoms with Gasteiger partial charge in [0.2, 0.25) is 0 Å². The highest BCUT2D eigenvalue weighted by Crippen LogP contribution is 2.28. The van der Waals surface area contributed by atoms with Gasteiger partial charge in [-0.3, -0.25) is 0 Å². The lowest BCUT2D eigenvalue weighted by atomic mass is 10.1. The van der Waals surface area contributed by atoms with E-state index < -0.39 is 18.5 Å². The van der Waals surface area contributed by atoms with Gasteiger partial charge in [0.05, 0.1) is 31.6 Å². The summed E-state index contributed by atoms with van der Waals surface area (Å²) in [4.78, 5) is 0. The van der Waals surface area contributed by atoms with E-state index in [1.807, 2.05) is 0 Å². The van der Waals surface area contributed by atoms with Crippen molar-refractivity contribution in [3.8, 4) is 0 Å². The van der Waals surface area contributed by atoms with Crippen LogP contribution in [0.15, 0.2) is 18.9 Å². The smallest absolute Gasteiger partial charge is 0.186 e. The van der Waals surface area contributed by atoms with Crippen LogP contribution in [0, 0.1) is 0 Å². The van der Waals surface area contributed by atoms with Gasteiger partial charge >= 0.3 is 0 Å². The van der Waals surface area contributed by atoms with Crippen LogP contribution < -0.4 is 0 Å². The van der Waals surface area contributed by atoms with Crippen LogP contribution in [0.3, 0.4) is 0 Å². The molecule has 0 aromatic carbocycles. The molecule has 1 aromatic rings. The quantitative estimate of drug-likeness (QED) is 0.729. The minimum Gasteiger partial charge on any atom is -0.385 e. The highest BCUT2D eigenvalue weighted by molar-refractivity contribution is 4.98. The predicted molar refractivity (Wildman–Crippen MR) is 59.4 cm³/mol. The molecule has 2 aliphatic rings. The number of nitrogens with zero attached hydrogens (tertiary/aromatic N) is 3. The van der Waals surface area contributed by atoms with Crippen LogP contribution in [0.2, 0.25) is 0 Å². The number of aromatic nitrogens is 3. The van der Waals surface area contributed by atoms with E-state index in [2.05, 4.69) is 16.9 Å². The fourth-order valence-electron chi connectivity index (χ4n) is 2.26. The number of aliphatic hydroxyl groups is 1. The van der Waals surface area contributed by atoms with Crippen molar-refractivity contribution in [2.75, 3.05) is 6.61 Å². The summed E-state index contributed by atoms with van der Waals surface area (Å²) in [6.45, 7) is 4.76. The zero-order valence-electron chi connectivity index (χ0n) is 9.81. The second kappa shape index (κ2) is 4.77. The molecule has 0 unspecified atom stereocenters. The highest BCUT2D eigenvalue weighted by atomic mass is 16.7. The first-order valence-corrected chi connectivity index (χ1v) is 5.84. The normalized spacial score (nSPS) is 34.7. The van der Waals surface area contributed by atoms with Crippen molar-refractivity contribution in [3.63, 3.8) is 0 Å². The third kappa shape index (κ3) is 1.95. The number of ether oxygens (including phenoxy) is 3. The summed E-state index contributed by atoms with van der Waals surface area (Å²) in [7, 11) is 0. The first-order valence-electron chi connectivity index (χ1n) is 5.84. The maximum atomic E-state index is 10.1. The Balaban J connectivity index is 1.73. The van der Waals surface area contributed by atoms with E-state index >= 15 is 0 Å². The Morgan fingerprint density at radius 2 is 2.56 bits per heavy atom. The van der Waals surface area contributed by atoms with E-state index in [-0.39, 0.29) is 6.10 Å². The van der Waals surface area contributed by atoms with Gasteiger partial charge in [-0.2, -0.15) is 0 Å². The van der Waals surface area contributed by atoms with Gasteiger partial charge in [-0.05, 0) is 0 Å². The van der Waals surface area contributed by atoms with Crippen LogP contribution in [0.25, 0.3) is 0 Å². The molecule has 7 nitrogen and oxygen atoms in total. The molecule has 0 aliphatic carbocycles. The van der Waals surface area contributed by atoms with Gasteiger partial charge in [0.1, 0.15) is 18.3 Å². The van der Waals surface area contributed by atoms with E-state index in [1.54, 1.807) is 17.0 Å². The number of aliphatic hydroxyl groups excluding tert-OH is 1. The van der Waals surface area contributed by atoms with Crippen LogP contribution in [0.1, 0.15) is 5.69 Å². The molecule has 1 fully saturated rings. The number of rotatable bonds is 3. The lowest BCUT2D eigenvalue weighted by Gasteiger charge is -2.17. The van der Waals surface area contributed by atoms with Gasteiger partial charge < -0.3 is 19.3 Å². The third-order valence-electron chi connectivity index (χ3n) is 3.14. The summed E-state index contributed by atoms with van der Waals surface area (Å²) < 4.78 is 18.4. The molecule has 7 heteroatoms. The second-order valence-corrected chi connectivity index (χ2v) is 4.34. The van der Waals surface area contributed by atoms with E-state index in [0.717, 1.165) is 5.69 Å². The zero-order chi connectivity index (χ0) is 12.5. The van der Waals surface area contributed by atoms with E-state index in [4.69, 9.17) is 14.2 Å². The molecule has 2 aliphatic heterocycles. The first kappa shape index (κ1) is 11.8. The summed E-state index contributed by atoms with van der Waals surface area (Å²) in [5.41, 5.74) is 0.878. The van der Waals surface area contributed by atoms with Crippen molar-refractivity contribution in [1.82, 2.24) is 15.0 Å². The van der Waals surface area contributed by atoms with Crippen molar-refractivity contribution in [2.45, 2.75) is 37.8 Å². The Morgan fingerprint density at radius 3 is 3.39 bits per heavy atom. The summed E-state index contributed by atoms with van der Waals surface area (Å²) in [5.74, 6) is 0. The molecule has 0 bridgehead atoms. The molecule has 0 amide bonds. The summed E-state index contributed by atoms with van der Waals surface area (Å²) in [6.07, 6.45) is 1.11. The fraction of sp³-hybridized carbons (Fsp3) is 0.636. The van der Waals surface area contributed by atoms with Crippen molar-refractivity contribution < 1.29 is 19.3 Å². The third-order valence-corrected chi connectivity index (χ3v) is 3.14. The van der Waals surface area contributed by atoms with Crippen LogP contribution >= 0.6 is 0 Å². The average Bonchev–Trinajstić information content (AvgIpc) is 2.87. The second-order valence-electron chi connectivity index (χ2n) is 4.34. The van der Waals surface area contributed by atoms with Gasteiger partial charge in [0.25, 0.3) is 0 Å². The molecule has 0 spiro atoms. The van der Waals surface area contributed by atoms with Crippen molar-refractivity contribution in [1.29, 1.82) is 0 Å². The molecular formula is C11H15N3O4. The van der Waals surface area contributed by atoms with Crippen molar-refractivity contribution in [2.24, 2.45) is 0 Å². The minimum absolute atomic E-state index is 0.280. The molecule has 1 saturated heterocycles. The first-order chi connectivity index (χ1) is 8.79. The zero-order valence-corrected chi connectivity index (χ0v) is 9.81. The monoisotopic (exact) mass is 253 g/mol. The number of hydrogen-bond acceptors (Lipinski definition) is 6. The van der Waals surface area contributed by atoms with Gasteiger partial charge in [0.15, 0.2) is 6.29 Å². The molecule has 0 saturated carbocycles. The Bertz CT molecular complexity index is 436. The maximum Gasteiger partial charge on any atom is 0.186 e. The van der Waals surface area contributed by atoms with Crippen LogP contribution in [0.4, 0.5) is 0 Å². The van der Waals surface area contributed by atoms with Crippen LogP contribution in [0.5, 0.6) is 0 Å². The van der Waals surface area contributed by atoms with Gasteiger partial charge in [-0.25, -0.2) is 4.68 Å². The lowest BCUT2D eigenvalue weighted by molar-refractivity contribution is -0.160. The van der Waals surface area contributed by atoms with E-state index in [1.165, 1.54) is 0 Å². The van der Waals surface area contributed by atoms with Crippen LogP contribution in [-0.2, 0) is 27.4 Å². The highest BCUT2D eigenvalue weighted by Gasteiger charge is 2.46. The summed E-state index contributed by atoms with van der Waals surface area (Å²) >= 11 is 0. The molecule has 98 valence electrons. The summed E-state index contributed by atoms with van der Waals surface area (Å²) in [6, 6.07) is 0. The number of hydrogen-bond donors (Lipinski definition) is 1. The molecule has 3 rings (SSSR count). The molecule has 1 N–H and O–H groups in total. The number of fused-ring (bicyclic) bond motifs is 2. The fourth-order valence-corrected chi connectivity index (χ4v) is 2.26. The van der Waals surface area contributed by atoms with Gasteiger partial charge in [-0.1, -0.05) is 11.3 Å². The molecule has 1 aromatic heterocycles. The Kier molecular flexibility index (Phi) is 3.13. The molecule has 4 atom stereocenters. The maximum absolute atomic E-state index is 10.1. The molecule has 3 heterocycles. The SMILES string of the molecule is C=CCO[C@@H]1O[C@@H]2Cn3nncc3CO[C@@H]2[C@H]1O. The van der Waals surface area contributed by atoms with Crippen molar-refractivity contribution >= 4 is 0 Å². The minimum atomic E-state index is -0.799. The van der Waals surface area contributed by atoms with Crippen molar-refractivity contribution in [3.05, 3.63) is 24.5 Å². The standard InChI is InChI=1S/C11H15N3O4/c1-2-3-16-11-9(15)10-8(18-11)5-14-7(6-17-10)4-12-13-14/h2,4,8-11,15H,1,3,5-6H2/t8-,9-,10+,11-/m1/s1. The van der Waals surface area contributed by atoms with E-state index in [9.17, 15) is 5.11 Å². The molecular weight excluding hydrogens is 238 g/mol. The van der Waals surface area contributed by atoms with Gasteiger partial charge in [0, 0.05) is 0 Å². The molecule has 18 heavy (non-hydrogen) atoms. The Morgan fingerprint density at radius 1 is 1.67 bits per heavy atom. The largest absolute Gasteiger partial charge is 0.385 e. The van der Waals surface area contributed by atoms with Crippen LogP contribution in [-0.4, -0.2) is 51.3 Å². The molecule has 0 radical (unpaired) electrons. The average molecular weight is 253 g/mol. The van der Waals surface area contributed by atoms with Gasteiger partial charge in [-0.15, -0.1) is 11.7 Å². The predicted octanol–water partition coefficient (Wildman–Crippen LogP) is -0.535. The topological polar surface area (TPSA) is 78.6 Å². The Labute approximate surface area is 104 Å². The lowest BCUT2D eigenvalue weighted by Crippen LogP contribution is -2.36.